The summed E-state index contributed by atoms with van der Waals surface area (Å²) in [4.78, 5) is 21.5. The number of aryl methyl sites for hydroxylation is 1. The van der Waals surface area contributed by atoms with Gasteiger partial charge in [0.25, 0.3) is 0 Å². The van der Waals surface area contributed by atoms with Crippen LogP contribution in [0.2, 0.25) is 0 Å². The molecule has 0 saturated carbocycles. The van der Waals surface area contributed by atoms with Gasteiger partial charge in [-0.1, -0.05) is 23.8 Å². The first-order valence-electron chi connectivity index (χ1n) is 4.11. The number of hydrogen-bond donors (Lipinski definition) is 1. The van der Waals surface area contributed by atoms with Gasteiger partial charge < -0.3 is 5.11 Å². The lowest BCUT2D eigenvalue weighted by Crippen LogP contribution is -1.96. The highest BCUT2D eigenvalue weighted by molar-refractivity contribution is 6.06. The molecule has 0 bridgehead atoms. The zero-order valence-corrected chi connectivity index (χ0v) is 7.73. The molecule has 0 radical (unpaired) electrons. The standard InChI is InChI=1S/C11H10O3/c1-8-3-2-4-9(7-8)10(12)5-6-11(13)14/h2-7H,1H3,(H,13,14)/b6-5+. The van der Waals surface area contributed by atoms with Crippen molar-refractivity contribution in [2.75, 3.05) is 0 Å². The Morgan fingerprint density at radius 2 is 2.00 bits per heavy atom. The summed E-state index contributed by atoms with van der Waals surface area (Å²) in [5, 5.41) is 8.32. The van der Waals surface area contributed by atoms with E-state index < -0.39 is 5.97 Å². The van der Waals surface area contributed by atoms with Gasteiger partial charge >= 0.3 is 5.97 Å². The fourth-order valence-corrected chi connectivity index (χ4v) is 1.04. The normalized spacial score (nSPS) is 10.4. The SMILES string of the molecule is Cc1cccc(C(=O)/C=C/C(=O)O)c1. The van der Waals surface area contributed by atoms with Gasteiger partial charge in [0, 0.05) is 11.6 Å². The molecule has 1 N–H and O–H groups in total. The molecule has 0 fully saturated rings. The minimum absolute atomic E-state index is 0.295. The van der Waals surface area contributed by atoms with Gasteiger partial charge in [-0.3, -0.25) is 4.79 Å². The van der Waals surface area contributed by atoms with Crippen molar-refractivity contribution in [2.24, 2.45) is 0 Å². The van der Waals surface area contributed by atoms with Crippen LogP contribution in [0.5, 0.6) is 0 Å². The summed E-state index contributed by atoms with van der Waals surface area (Å²) in [5.74, 6) is -1.41. The number of carboxylic acid groups (broad SMARTS) is 1. The fraction of sp³-hybridized carbons (Fsp3) is 0.0909. The summed E-state index contributed by atoms with van der Waals surface area (Å²) in [5.41, 5.74) is 1.47. The van der Waals surface area contributed by atoms with Gasteiger partial charge in [0.05, 0.1) is 0 Å². The molecule has 0 spiro atoms. The van der Waals surface area contributed by atoms with E-state index in [1.54, 1.807) is 18.2 Å². The highest BCUT2D eigenvalue weighted by atomic mass is 16.4. The van der Waals surface area contributed by atoms with E-state index in [1.165, 1.54) is 0 Å². The van der Waals surface area contributed by atoms with Crippen LogP contribution in [0.25, 0.3) is 0 Å². The second-order valence-electron chi connectivity index (χ2n) is 2.91. The molecule has 0 amide bonds. The van der Waals surface area contributed by atoms with Crippen molar-refractivity contribution in [3.63, 3.8) is 0 Å². The number of ketones is 1. The Morgan fingerprint density at radius 3 is 2.57 bits per heavy atom. The molecule has 0 aliphatic rings. The van der Waals surface area contributed by atoms with E-state index in [0.717, 1.165) is 17.7 Å². The summed E-state index contributed by atoms with van der Waals surface area (Å²) in [6, 6.07) is 7.00. The molecule has 0 unspecified atom stereocenters. The summed E-state index contributed by atoms with van der Waals surface area (Å²) < 4.78 is 0. The van der Waals surface area contributed by atoms with Gasteiger partial charge in [0.1, 0.15) is 0 Å². The van der Waals surface area contributed by atoms with Crippen molar-refractivity contribution in [1.82, 2.24) is 0 Å². The van der Waals surface area contributed by atoms with Gasteiger partial charge in [-0.05, 0) is 19.1 Å². The molecule has 0 atom stereocenters. The number of rotatable bonds is 3. The summed E-state index contributed by atoms with van der Waals surface area (Å²) in [6.45, 7) is 1.87. The Balaban J connectivity index is 2.85. The van der Waals surface area contributed by atoms with Gasteiger partial charge in [0.2, 0.25) is 0 Å². The molecule has 1 aromatic carbocycles. The minimum atomic E-state index is -1.12. The van der Waals surface area contributed by atoms with E-state index in [4.69, 9.17) is 5.11 Å². The maximum atomic E-state index is 11.4. The summed E-state index contributed by atoms with van der Waals surface area (Å²) >= 11 is 0. The van der Waals surface area contributed by atoms with E-state index >= 15 is 0 Å². The molecule has 0 heterocycles. The van der Waals surface area contributed by atoms with E-state index in [-0.39, 0.29) is 5.78 Å². The Kier molecular flexibility index (Phi) is 3.18. The first kappa shape index (κ1) is 10.2. The van der Waals surface area contributed by atoms with E-state index in [1.807, 2.05) is 13.0 Å². The molecule has 0 saturated heterocycles. The van der Waals surface area contributed by atoms with Gasteiger partial charge in [-0.2, -0.15) is 0 Å². The van der Waals surface area contributed by atoms with Crippen LogP contribution in [-0.2, 0) is 4.79 Å². The zero-order chi connectivity index (χ0) is 10.6. The molecule has 72 valence electrons. The largest absolute Gasteiger partial charge is 0.478 e. The van der Waals surface area contributed by atoms with Crippen molar-refractivity contribution < 1.29 is 14.7 Å². The number of aliphatic carboxylic acids is 1. The van der Waals surface area contributed by atoms with E-state index in [2.05, 4.69) is 0 Å². The number of carbonyl (C=O) groups is 2. The van der Waals surface area contributed by atoms with Crippen LogP contribution in [0.1, 0.15) is 15.9 Å². The molecule has 1 rings (SSSR count). The third-order valence-corrected chi connectivity index (χ3v) is 1.68. The van der Waals surface area contributed by atoms with Crippen molar-refractivity contribution >= 4 is 11.8 Å². The van der Waals surface area contributed by atoms with Crippen molar-refractivity contribution in [3.05, 3.63) is 47.5 Å². The molecular weight excluding hydrogens is 180 g/mol. The van der Waals surface area contributed by atoms with Gasteiger partial charge in [0.15, 0.2) is 5.78 Å². The smallest absolute Gasteiger partial charge is 0.328 e. The van der Waals surface area contributed by atoms with Crippen LogP contribution in [-0.4, -0.2) is 16.9 Å². The molecular formula is C11H10O3. The number of benzene rings is 1. The predicted octanol–water partition coefficient (Wildman–Crippen LogP) is 1.82. The summed E-state index contributed by atoms with van der Waals surface area (Å²) in [6.07, 6.45) is 1.89. The molecule has 0 aliphatic carbocycles. The molecule has 0 aromatic heterocycles. The first-order chi connectivity index (χ1) is 6.59. The molecule has 0 aliphatic heterocycles. The van der Waals surface area contributed by atoms with Crippen molar-refractivity contribution in [3.8, 4) is 0 Å². The highest BCUT2D eigenvalue weighted by Crippen LogP contribution is 2.05. The quantitative estimate of drug-likeness (QED) is 0.584. The molecule has 1 aromatic rings. The topological polar surface area (TPSA) is 54.4 Å². The number of allylic oxidation sites excluding steroid dienone is 1. The maximum Gasteiger partial charge on any atom is 0.328 e. The van der Waals surface area contributed by atoms with Crippen molar-refractivity contribution in [2.45, 2.75) is 6.92 Å². The third-order valence-electron chi connectivity index (χ3n) is 1.68. The molecule has 14 heavy (non-hydrogen) atoms. The Bertz CT molecular complexity index is 391. The van der Waals surface area contributed by atoms with Crippen LogP contribution in [0, 0.1) is 6.92 Å². The Morgan fingerprint density at radius 1 is 1.29 bits per heavy atom. The van der Waals surface area contributed by atoms with Gasteiger partial charge in [-0.15, -0.1) is 0 Å². The lowest BCUT2D eigenvalue weighted by atomic mass is 10.1. The van der Waals surface area contributed by atoms with Crippen LogP contribution in [0.4, 0.5) is 0 Å². The second kappa shape index (κ2) is 4.37. The maximum absolute atomic E-state index is 11.4. The monoisotopic (exact) mass is 190 g/mol. The average molecular weight is 190 g/mol. The highest BCUT2D eigenvalue weighted by Gasteiger charge is 2.01. The minimum Gasteiger partial charge on any atom is -0.478 e. The van der Waals surface area contributed by atoms with Crippen LogP contribution < -0.4 is 0 Å². The first-order valence-corrected chi connectivity index (χ1v) is 4.11. The lowest BCUT2D eigenvalue weighted by Gasteiger charge is -1.96. The van der Waals surface area contributed by atoms with Gasteiger partial charge in [-0.25, -0.2) is 4.79 Å². The zero-order valence-electron chi connectivity index (χ0n) is 7.73. The Labute approximate surface area is 81.7 Å². The number of carbonyl (C=O) groups excluding carboxylic acids is 1. The molecule has 3 nitrogen and oxygen atoms in total. The van der Waals surface area contributed by atoms with Crippen LogP contribution in [0.15, 0.2) is 36.4 Å². The van der Waals surface area contributed by atoms with Crippen molar-refractivity contribution in [1.29, 1.82) is 0 Å². The number of hydrogen-bond acceptors (Lipinski definition) is 2. The Hall–Kier alpha value is -1.90. The van der Waals surface area contributed by atoms with E-state index in [0.29, 0.717) is 5.56 Å². The summed E-state index contributed by atoms with van der Waals surface area (Å²) in [7, 11) is 0. The molecule has 3 heteroatoms. The predicted molar refractivity (Wildman–Crippen MR) is 52.3 cm³/mol. The van der Waals surface area contributed by atoms with Crippen LogP contribution in [0.3, 0.4) is 0 Å². The fourth-order valence-electron chi connectivity index (χ4n) is 1.04. The number of carboxylic acids is 1. The van der Waals surface area contributed by atoms with Crippen LogP contribution >= 0.6 is 0 Å². The third kappa shape index (κ3) is 2.86. The lowest BCUT2D eigenvalue weighted by molar-refractivity contribution is -0.131. The average Bonchev–Trinajstić information content (AvgIpc) is 2.14. The second-order valence-corrected chi connectivity index (χ2v) is 2.91. The van der Waals surface area contributed by atoms with E-state index in [9.17, 15) is 9.59 Å².